The van der Waals surface area contributed by atoms with Gasteiger partial charge in [0.2, 0.25) is 0 Å². The molecule has 1 heterocycles. The number of rotatable bonds is 5. The Bertz CT molecular complexity index is 507. The van der Waals surface area contributed by atoms with Crippen molar-refractivity contribution < 1.29 is 0 Å². The summed E-state index contributed by atoms with van der Waals surface area (Å²) < 4.78 is 1.29. The van der Waals surface area contributed by atoms with Crippen LogP contribution in [0.5, 0.6) is 0 Å². The number of thiophene rings is 1. The normalized spacial score (nSPS) is 12.6. The van der Waals surface area contributed by atoms with Crippen LogP contribution in [0.25, 0.3) is 10.4 Å². The van der Waals surface area contributed by atoms with Gasteiger partial charge in [0, 0.05) is 19.4 Å². The third-order valence-electron chi connectivity index (χ3n) is 3.01. The molecule has 1 aromatic carbocycles. The van der Waals surface area contributed by atoms with E-state index in [1.54, 1.807) is 0 Å². The minimum atomic E-state index is 0.497. The highest BCUT2D eigenvalue weighted by Crippen LogP contribution is 2.33. The maximum absolute atomic E-state index is 3.40. The van der Waals surface area contributed by atoms with Crippen molar-refractivity contribution >= 4 is 33.9 Å². The first kappa shape index (κ1) is 14.0. The molecule has 1 N–H and O–H groups in total. The molecule has 2 aromatic rings. The summed E-state index contributed by atoms with van der Waals surface area (Å²) in [5.41, 5.74) is 1.32. The van der Waals surface area contributed by atoms with Crippen LogP contribution in [0.15, 0.2) is 36.4 Å². The number of hydrogen-bond donors (Lipinski definition) is 1. The van der Waals surface area contributed by atoms with Crippen molar-refractivity contribution in [2.45, 2.75) is 25.8 Å². The van der Waals surface area contributed by atoms with Crippen molar-refractivity contribution in [3.8, 4) is 10.4 Å². The van der Waals surface area contributed by atoms with Crippen LogP contribution in [-0.2, 0) is 0 Å². The highest BCUT2D eigenvalue weighted by molar-refractivity contribution is 14.1. The lowest BCUT2D eigenvalue weighted by Crippen LogP contribution is -2.14. The first-order chi connectivity index (χ1) is 8.74. The van der Waals surface area contributed by atoms with Crippen LogP contribution >= 0.6 is 33.9 Å². The van der Waals surface area contributed by atoms with Crippen molar-refractivity contribution in [2.75, 3.05) is 7.05 Å². The fourth-order valence-corrected chi connectivity index (χ4v) is 3.75. The zero-order chi connectivity index (χ0) is 13.0. The van der Waals surface area contributed by atoms with E-state index in [0.717, 1.165) is 0 Å². The maximum Gasteiger partial charge on any atom is 0.0412 e. The van der Waals surface area contributed by atoms with E-state index in [9.17, 15) is 0 Å². The van der Waals surface area contributed by atoms with Gasteiger partial charge in [-0.05, 0) is 65.9 Å². The molecule has 0 saturated heterocycles. The van der Waals surface area contributed by atoms with Gasteiger partial charge in [0.05, 0.1) is 0 Å². The van der Waals surface area contributed by atoms with Crippen LogP contribution in [0.4, 0.5) is 0 Å². The van der Waals surface area contributed by atoms with E-state index in [2.05, 4.69) is 71.2 Å². The molecule has 0 saturated carbocycles. The van der Waals surface area contributed by atoms with Gasteiger partial charge in [-0.1, -0.05) is 25.5 Å². The van der Waals surface area contributed by atoms with Gasteiger partial charge in [0.15, 0.2) is 0 Å². The topological polar surface area (TPSA) is 12.0 Å². The van der Waals surface area contributed by atoms with E-state index < -0.39 is 0 Å². The Hall–Kier alpha value is -0.390. The SMILES string of the molecule is CCCC(NC)c1ccc(-c2cccc(I)c2)s1. The molecule has 1 nitrogen and oxygen atoms in total. The maximum atomic E-state index is 3.40. The molecule has 1 aromatic heterocycles. The van der Waals surface area contributed by atoms with Crippen molar-refractivity contribution in [1.29, 1.82) is 0 Å². The zero-order valence-electron chi connectivity index (χ0n) is 10.7. The molecule has 1 atom stereocenters. The van der Waals surface area contributed by atoms with Crippen LogP contribution in [0.2, 0.25) is 0 Å². The quantitative estimate of drug-likeness (QED) is 0.723. The van der Waals surface area contributed by atoms with Gasteiger partial charge in [-0.3, -0.25) is 0 Å². The lowest BCUT2D eigenvalue weighted by Gasteiger charge is -2.12. The molecule has 1 unspecified atom stereocenters. The largest absolute Gasteiger partial charge is 0.312 e. The Kier molecular flexibility index (Phi) is 5.21. The van der Waals surface area contributed by atoms with E-state index in [0.29, 0.717) is 6.04 Å². The molecule has 0 radical (unpaired) electrons. The molecule has 0 amide bonds. The average Bonchev–Trinajstić information content (AvgIpc) is 2.85. The average molecular weight is 371 g/mol. The van der Waals surface area contributed by atoms with Gasteiger partial charge in [-0.15, -0.1) is 11.3 Å². The Labute approximate surface area is 127 Å². The third-order valence-corrected chi connectivity index (χ3v) is 4.92. The van der Waals surface area contributed by atoms with Crippen molar-refractivity contribution in [3.63, 3.8) is 0 Å². The molecular weight excluding hydrogens is 353 g/mol. The molecule has 96 valence electrons. The van der Waals surface area contributed by atoms with Crippen LogP contribution in [0, 0.1) is 3.57 Å². The highest BCUT2D eigenvalue weighted by atomic mass is 127. The summed E-state index contributed by atoms with van der Waals surface area (Å²) in [5.74, 6) is 0. The second-order valence-corrected chi connectivity index (χ2v) is 6.70. The first-order valence-electron chi connectivity index (χ1n) is 6.27. The Morgan fingerprint density at radius 2 is 2.11 bits per heavy atom. The van der Waals surface area contributed by atoms with Crippen molar-refractivity contribution in [3.05, 3.63) is 44.8 Å². The molecule has 0 spiro atoms. The van der Waals surface area contributed by atoms with Crippen LogP contribution in [0.1, 0.15) is 30.7 Å². The Morgan fingerprint density at radius 3 is 2.78 bits per heavy atom. The van der Waals surface area contributed by atoms with E-state index >= 15 is 0 Å². The van der Waals surface area contributed by atoms with Crippen LogP contribution in [0.3, 0.4) is 0 Å². The van der Waals surface area contributed by atoms with Crippen molar-refractivity contribution in [2.24, 2.45) is 0 Å². The van der Waals surface area contributed by atoms with Gasteiger partial charge < -0.3 is 5.32 Å². The molecule has 0 fully saturated rings. The molecule has 0 aliphatic rings. The molecule has 0 aliphatic heterocycles. The fourth-order valence-electron chi connectivity index (χ4n) is 2.05. The third kappa shape index (κ3) is 3.33. The highest BCUT2D eigenvalue weighted by Gasteiger charge is 2.11. The molecule has 2 rings (SSSR count). The van der Waals surface area contributed by atoms with Gasteiger partial charge in [-0.2, -0.15) is 0 Å². The van der Waals surface area contributed by atoms with Gasteiger partial charge in [-0.25, -0.2) is 0 Å². The van der Waals surface area contributed by atoms with Crippen molar-refractivity contribution in [1.82, 2.24) is 5.32 Å². The predicted octanol–water partition coefficient (Wildman–Crippen LogP) is 5.08. The minimum absolute atomic E-state index is 0.497. The van der Waals surface area contributed by atoms with E-state index in [1.807, 2.05) is 18.4 Å². The second-order valence-electron chi connectivity index (χ2n) is 4.34. The zero-order valence-corrected chi connectivity index (χ0v) is 13.7. The minimum Gasteiger partial charge on any atom is -0.312 e. The standard InChI is InChI=1S/C15H18INS/c1-3-5-13(17-2)15-9-8-14(18-15)11-6-4-7-12(16)10-11/h4,6-10,13,17H,3,5H2,1-2H3. The number of nitrogens with one attached hydrogen (secondary N) is 1. The Morgan fingerprint density at radius 1 is 1.28 bits per heavy atom. The molecule has 0 aliphatic carbocycles. The summed E-state index contributed by atoms with van der Waals surface area (Å²) in [6.07, 6.45) is 2.41. The lowest BCUT2D eigenvalue weighted by molar-refractivity contribution is 0.550. The smallest absolute Gasteiger partial charge is 0.0412 e. The van der Waals surface area contributed by atoms with Gasteiger partial charge >= 0.3 is 0 Å². The number of benzene rings is 1. The van der Waals surface area contributed by atoms with E-state index in [4.69, 9.17) is 0 Å². The molecular formula is C15H18INS. The molecule has 18 heavy (non-hydrogen) atoms. The van der Waals surface area contributed by atoms with E-state index in [1.165, 1.54) is 31.7 Å². The number of hydrogen-bond acceptors (Lipinski definition) is 2. The van der Waals surface area contributed by atoms with E-state index in [-0.39, 0.29) is 0 Å². The fraction of sp³-hybridized carbons (Fsp3) is 0.333. The van der Waals surface area contributed by atoms with Crippen LogP contribution < -0.4 is 5.32 Å². The number of halogens is 1. The molecule has 3 heteroatoms. The summed E-state index contributed by atoms with van der Waals surface area (Å²) in [5, 5.41) is 3.40. The predicted molar refractivity (Wildman–Crippen MR) is 89.2 cm³/mol. The summed E-state index contributed by atoms with van der Waals surface area (Å²) in [4.78, 5) is 2.80. The van der Waals surface area contributed by atoms with Crippen LogP contribution in [-0.4, -0.2) is 7.05 Å². The summed E-state index contributed by atoms with van der Waals surface area (Å²) in [7, 11) is 2.05. The van der Waals surface area contributed by atoms with Gasteiger partial charge in [0.25, 0.3) is 0 Å². The second kappa shape index (κ2) is 6.68. The Balaban J connectivity index is 2.24. The molecule has 0 bridgehead atoms. The summed E-state index contributed by atoms with van der Waals surface area (Å²) in [6, 6.07) is 13.7. The van der Waals surface area contributed by atoms with Gasteiger partial charge in [0.1, 0.15) is 0 Å². The summed E-state index contributed by atoms with van der Waals surface area (Å²) >= 11 is 4.27. The summed E-state index contributed by atoms with van der Waals surface area (Å²) in [6.45, 7) is 2.23. The monoisotopic (exact) mass is 371 g/mol. The lowest BCUT2D eigenvalue weighted by atomic mass is 10.1. The first-order valence-corrected chi connectivity index (χ1v) is 8.17.